The molecule has 1 aliphatic rings. The van der Waals surface area contributed by atoms with Crippen molar-refractivity contribution in [1.82, 2.24) is 5.32 Å². The minimum absolute atomic E-state index is 0.0446. The van der Waals surface area contributed by atoms with Crippen LogP contribution in [0.4, 0.5) is 0 Å². The summed E-state index contributed by atoms with van der Waals surface area (Å²) in [5.74, 6) is 0.227. The number of carbonyl (C=O) groups excluding carboxylic acids is 1. The minimum atomic E-state index is 0.0446. The Balaban J connectivity index is 1.73. The molecule has 0 saturated carbocycles. The molecule has 2 atom stereocenters. The van der Waals surface area contributed by atoms with E-state index >= 15 is 0 Å². The van der Waals surface area contributed by atoms with E-state index in [1.165, 1.54) is 0 Å². The van der Waals surface area contributed by atoms with Crippen molar-refractivity contribution >= 4 is 17.5 Å². The molecule has 4 heteroatoms. The number of hydrogen-bond acceptors (Lipinski definition) is 2. The smallest absolute Gasteiger partial charge is 0.220 e. The number of rotatable bonds is 5. The SMILES string of the molecule is O=C(CCc1ccc(Cl)cc1)N[C@@H]1C=C[C@H](CO)C1. The lowest BCUT2D eigenvalue weighted by Crippen LogP contribution is -2.33. The number of aliphatic hydroxyl groups is 1. The molecule has 0 spiro atoms. The summed E-state index contributed by atoms with van der Waals surface area (Å²) in [7, 11) is 0. The number of nitrogens with one attached hydrogen (secondary N) is 1. The Hall–Kier alpha value is -1.32. The molecule has 1 aliphatic carbocycles. The minimum Gasteiger partial charge on any atom is -0.396 e. The van der Waals surface area contributed by atoms with Crippen LogP contribution < -0.4 is 5.32 Å². The topological polar surface area (TPSA) is 49.3 Å². The van der Waals surface area contributed by atoms with Crippen LogP contribution in [-0.2, 0) is 11.2 Å². The van der Waals surface area contributed by atoms with Gasteiger partial charge in [-0.25, -0.2) is 0 Å². The van der Waals surface area contributed by atoms with Crippen LogP contribution in [0.5, 0.6) is 0 Å². The van der Waals surface area contributed by atoms with Crippen LogP contribution in [0.15, 0.2) is 36.4 Å². The van der Waals surface area contributed by atoms with Gasteiger partial charge in [0.1, 0.15) is 0 Å². The first-order valence-corrected chi connectivity index (χ1v) is 6.88. The maximum atomic E-state index is 11.8. The predicted octanol–water partition coefficient (Wildman–Crippen LogP) is 2.33. The van der Waals surface area contributed by atoms with Gasteiger partial charge >= 0.3 is 0 Å². The highest BCUT2D eigenvalue weighted by Gasteiger charge is 2.19. The largest absolute Gasteiger partial charge is 0.396 e. The van der Waals surface area contributed by atoms with Crippen LogP contribution in [-0.4, -0.2) is 23.7 Å². The molecule has 0 unspecified atom stereocenters. The third-order valence-electron chi connectivity index (χ3n) is 3.31. The average Bonchev–Trinajstić information content (AvgIpc) is 2.86. The molecule has 1 aromatic rings. The van der Waals surface area contributed by atoms with Crippen molar-refractivity contribution in [2.24, 2.45) is 5.92 Å². The van der Waals surface area contributed by atoms with Crippen LogP contribution in [0.2, 0.25) is 5.02 Å². The van der Waals surface area contributed by atoms with Crippen molar-refractivity contribution in [3.8, 4) is 0 Å². The zero-order chi connectivity index (χ0) is 13.7. The van der Waals surface area contributed by atoms with Gasteiger partial charge in [-0.1, -0.05) is 35.9 Å². The van der Waals surface area contributed by atoms with Gasteiger partial charge in [0.25, 0.3) is 0 Å². The van der Waals surface area contributed by atoms with E-state index in [4.69, 9.17) is 16.7 Å². The molecule has 0 aromatic heterocycles. The Kier molecular flexibility index (Phi) is 5.00. The fourth-order valence-corrected chi connectivity index (χ4v) is 2.33. The van der Waals surface area contributed by atoms with Gasteiger partial charge in [0.2, 0.25) is 5.91 Å². The van der Waals surface area contributed by atoms with Crippen LogP contribution >= 0.6 is 11.6 Å². The van der Waals surface area contributed by atoms with E-state index < -0.39 is 0 Å². The molecule has 1 aromatic carbocycles. The van der Waals surface area contributed by atoms with E-state index in [1.807, 2.05) is 36.4 Å². The molecular formula is C15H18ClNO2. The Morgan fingerprint density at radius 3 is 2.68 bits per heavy atom. The highest BCUT2D eigenvalue weighted by atomic mass is 35.5. The standard InChI is InChI=1S/C15H18ClNO2/c16-13-5-1-11(2-6-13)4-8-15(19)17-14-7-3-12(9-14)10-18/h1-3,5-7,12,14,18H,4,8-10H2,(H,17,19)/t12-,14+/m0/s1. The third kappa shape index (κ3) is 4.37. The van der Waals surface area contributed by atoms with Gasteiger partial charge in [0, 0.05) is 30.0 Å². The Bertz CT molecular complexity index is 456. The van der Waals surface area contributed by atoms with Crippen molar-refractivity contribution in [2.45, 2.75) is 25.3 Å². The van der Waals surface area contributed by atoms with Crippen molar-refractivity contribution in [2.75, 3.05) is 6.61 Å². The lowest BCUT2D eigenvalue weighted by atomic mass is 10.1. The quantitative estimate of drug-likeness (QED) is 0.813. The number of carbonyl (C=O) groups is 1. The fourth-order valence-electron chi connectivity index (χ4n) is 2.20. The lowest BCUT2D eigenvalue weighted by Gasteiger charge is -2.12. The maximum Gasteiger partial charge on any atom is 0.220 e. The first kappa shape index (κ1) is 14.1. The Morgan fingerprint density at radius 2 is 2.05 bits per heavy atom. The van der Waals surface area contributed by atoms with Crippen LogP contribution in [0.1, 0.15) is 18.4 Å². The zero-order valence-corrected chi connectivity index (χ0v) is 11.4. The highest BCUT2D eigenvalue weighted by Crippen LogP contribution is 2.17. The zero-order valence-electron chi connectivity index (χ0n) is 10.7. The fraction of sp³-hybridized carbons (Fsp3) is 0.400. The van der Waals surface area contributed by atoms with E-state index in [0.717, 1.165) is 12.0 Å². The van der Waals surface area contributed by atoms with Crippen molar-refractivity contribution in [3.05, 3.63) is 47.0 Å². The second kappa shape index (κ2) is 6.73. The second-order valence-corrected chi connectivity index (χ2v) is 5.30. The molecule has 0 aliphatic heterocycles. The van der Waals surface area contributed by atoms with Gasteiger partial charge < -0.3 is 10.4 Å². The summed E-state index contributed by atoms with van der Waals surface area (Å²) in [6.45, 7) is 0.146. The molecular weight excluding hydrogens is 262 g/mol. The molecule has 102 valence electrons. The summed E-state index contributed by atoms with van der Waals surface area (Å²) in [6.07, 6.45) is 5.90. The maximum absolute atomic E-state index is 11.8. The first-order chi connectivity index (χ1) is 9.17. The number of benzene rings is 1. The summed E-state index contributed by atoms with van der Waals surface area (Å²) >= 11 is 5.81. The van der Waals surface area contributed by atoms with Gasteiger partial charge in [0.05, 0.1) is 0 Å². The van der Waals surface area contributed by atoms with E-state index in [1.54, 1.807) is 0 Å². The van der Waals surface area contributed by atoms with E-state index in [-0.39, 0.29) is 24.5 Å². The number of aryl methyl sites for hydroxylation is 1. The van der Waals surface area contributed by atoms with Crippen LogP contribution in [0.3, 0.4) is 0 Å². The average molecular weight is 280 g/mol. The normalized spacial score (nSPS) is 21.6. The molecule has 0 bridgehead atoms. The molecule has 0 heterocycles. The summed E-state index contributed by atoms with van der Waals surface area (Å²) < 4.78 is 0. The molecule has 3 nitrogen and oxygen atoms in total. The predicted molar refractivity (Wildman–Crippen MR) is 76.0 cm³/mol. The Morgan fingerprint density at radius 1 is 1.32 bits per heavy atom. The van der Waals surface area contributed by atoms with Gasteiger partial charge in [-0.3, -0.25) is 4.79 Å². The van der Waals surface area contributed by atoms with Crippen molar-refractivity contribution in [1.29, 1.82) is 0 Å². The second-order valence-electron chi connectivity index (χ2n) is 4.86. The summed E-state index contributed by atoms with van der Waals surface area (Å²) in [4.78, 5) is 11.8. The molecule has 1 amide bonds. The lowest BCUT2D eigenvalue weighted by molar-refractivity contribution is -0.121. The summed E-state index contributed by atoms with van der Waals surface area (Å²) in [5.41, 5.74) is 1.11. The number of hydrogen-bond donors (Lipinski definition) is 2. The van der Waals surface area contributed by atoms with Crippen molar-refractivity contribution < 1.29 is 9.90 Å². The number of halogens is 1. The monoisotopic (exact) mass is 279 g/mol. The van der Waals surface area contributed by atoms with Crippen LogP contribution in [0.25, 0.3) is 0 Å². The first-order valence-electron chi connectivity index (χ1n) is 6.50. The molecule has 2 N–H and O–H groups in total. The molecule has 0 fully saturated rings. The Labute approximate surface area is 118 Å². The summed E-state index contributed by atoms with van der Waals surface area (Å²) in [5, 5.41) is 12.7. The highest BCUT2D eigenvalue weighted by molar-refractivity contribution is 6.30. The van der Waals surface area contributed by atoms with Gasteiger partial charge in [-0.2, -0.15) is 0 Å². The molecule has 0 saturated heterocycles. The number of aliphatic hydroxyl groups excluding tert-OH is 1. The van der Waals surface area contributed by atoms with Gasteiger partial charge in [0.15, 0.2) is 0 Å². The molecule has 2 rings (SSSR count). The van der Waals surface area contributed by atoms with Gasteiger partial charge in [-0.05, 0) is 30.5 Å². The molecule has 0 radical (unpaired) electrons. The van der Waals surface area contributed by atoms with E-state index in [9.17, 15) is 4.79 Å². The molecule has 19 heavy (non-hydrogen) atoms. The summed E-state index contributed by atoms with van der Waals surface area (Å²) in [6, 6.07) is 7.61. The van der Waals surface area contributed by atoms with E-state index in [2.05, 4.69) is 5.32 Å². The van der Waals surface area contributed by atoms with Gasteiger partial charge in [-0.15, -0.1) is 0 Å². The third-order valence-corrected chi connectivity index (χ3v) is 3.56. The number of amides is 1. The van der Waals surface area contributed by atoms with Crippen molar-refractivity contribution in [3.63, 3.8) is 0 Å². The van der Waals surface area contributed by atoms with Crippen LogP contribution in [0, 0.1) is 5.92 Å². The van der Waals surface area contributed by atoms with E-state index in [0.29, 0.717) is 17.9 Å².